The molecule has 2 aliphatic rings. The smallest absolute Gasteiger partial charge is 0.323 e. The number of carbonyl (C=O) groups excluding carboxylic acids is 2. The minimum absolute atomic E-state index is 0.123. The Bertz CT molecular complexity index is 934. The third-order valence-electron chi connectivity index (χ3n) is 6.15. The van der Waals surface area contributed by atoms with Crippen LogP contribution in [0.25, 0.3) is 0 Å². The Balaban J connectivity index is 1.80. The molecule has 2 saturated carbocycles. The molecule has 0 bridgehead atoms. The zero-order valence-electron chi connectivity index (χ0n) is 17.9. The number of benzene rings is 1. The molecule has 2 fully saturated rings. The van der Waals surface area contributed by atoms with Gasteiger partial charge in [-0.3, -0.25) is 13.9 Å². The molecule has 2 aliphatic carbocycles. The van der Waals surface area contributed by atoms with Gasteiger partial charge in [-0.15, -0.1) is 0 Å². The van der Waals surface area contributed by atoms with Crippen molar-refractivity contribution in [2.45, 2.75) is 44.9 Å². The largest absolute Gasteiger partial charge is 0.465 e. The van der Waals surface area contributed by atoms with E-state index in [0.29, 0.717) is 6.42 Å². The van der Waals surface area contributed by atoms with Crippen molar-refractivity contribution in [2.75, 3.05) is 20.3 Å². The van der Waals surface area contributed by atoms with E-state index in [1.54, 1.807) is 38.1 Å². The Morgan fingerprint density at radius 1 is 1.10 bits per heavy atom. The van der Waals surface area contributed by atoms with Crippen LogP contribution in [0.4, 0.5) is 0 Å². The van der Waals surface area contributed by atoms with Crippen LogP contribution in [-0.2, 0) is 29.1 Å². The van der Waals surface area contributed by atoms with Gasteiger partial charge in [-0.25, -0.2) is 8.42 Å². The maximum absolute atomic E-state index is 12.8. The molecule has 30 heavy (non-hydrogen) atoms. The maximum Gasteiger partial charge on any atom is 0.323 e. The van der Waals surface area contributed by atoms with Crippen molar-refractivity contribution < 1.29 is 27.5 Å². The average molecular weight is 436 g/mol. The number of esters is 2. The van der Waals surface area contributed by atoms with E-state index in [1.807, 2.05) is 13.0 Å². The fourth-order valence-corrected chi connectivity index (χ4v) is 5.39. The highest BCUT2D eigenvalue weighted by molar-refractivity contribution is 7.89. The monoisotopic (exact) mass is 435 g/mol. The van der Waals surface area contributed by atoms with E-state index < -0.39 is 32.8 Å². The van der Waals surface area contributed by atoms with Crippen molar-refractivity contribution in [3.63, 3.8) is 0 Å². The van der Waals surface area contributed by atoms with Gasteiger partial charge in [0, 0.05) is 13.2 Å². The summed E-state index contributed by atoms with van der Waals surface area (Å²) in [5.74, 6) is -0.980. The van der Waals surface area contributed by atoms with Crippen LogP contribution in [0, 0.1) is 23.7 Å². The molecule has 3 rings (SSSR count). The first-order valence-electron chi connectivity index (χ1n) is 10.2. The van der Waals surface area contributed by atoms with E-state index in [2.05, 4.69) is 0 Å². The number of allylic oxidation sites excluding steroid dienone is 1. The van der Waals surface area contributed by atoms with Crippen LogP contribution in [0.1, 0.15) is 38.7 Å². The summed E-state index contributed by atoms with van der Waals surface area (Å²) in [4.78, 5) is 25.5. The molecule has 0 unspecified atom stereocenters. The zero-order valence-corrected chi connectivity index (χ0v) is 18.7. The number of rotatable bonds is 8. The van der Waals surface area contributed by atoms with E-state index in [-0.39, 0.29) is 30.4 Å². The van der Waals surface area contributed by atoms with E-state index in [0.717, 1.165) is 12.0 Å². The van der Waals surface area contributed by atoms with Crippen molar-refractivity contribution in [1.29, 1.82) is 0 Å². The lowest BCUT2D eigenvalue weighted by molar-refractivity contribution is -0.172. The molecule has 8 heteroatoms. The molecule has 0 spiro atoms. The lowest BCUT2D eigenvalue weighted by atomic mass is 9.80. The number of sulfonamides is 1. The van der Waals surface area contributed by atoms with Crippen molar-refractivity contribution in [3.05, 3.63) is 42.1 Å². The number of ether oxygens (including phenoxy) is 2. The highest BCUT2D eigenvalue weighted by Crippen LogP contribution is 2.70. The number of hydrogen-bond donors (Lipinski definition) is 0. The van der Waals surface area contributed by atoms with Crippen LogP contribution in [-0.4, -0.2) is 44.9 Å². The standard InChI is InChI=1S/C22H29NO6S/c1-5-28-19(24)22(20(25)29-6-2)14-17-13-21(17,15-22)11-12-23(4)30(26,27)18-9-7-16(3)8-10-18/h7-12,17H,5-6,13-15H2,1-4H3/b12-11+/t17-,21+/m0/s1. The first-order valence-corrected chi connectivity index (χ1v) is 11.6. The van der Waals surface area contributed by atoms with Gasteiger partial charge >= 0.3 is 11.9 Å². The number of fused-ring (bicyclic) bond motifs is 1. The van der Waals surface area contributed by atoms with Crippen LogP contribution >= 0.6 is 0 Å². The molecule has 1 aromatic carbocycles. The average Bonchev–Trinajstić information content (AvgIpc) is 3.27. The van der Waals surface area contributed by atoms with Gasteiger partial charge in [0.2, 0.25) is 0 Å². The summed E-state index contributed by atoms with van der Waals surface area (Å²) in [7, 11) is -2.19. The van der Waals surface area contributed by atoms with Crippen LogP contribution < -0.4 is 0 Å². The topological polar surface area (TPSA) is 90.0 Å². The number of nitrogens with zero attached hydrogens (tertiary/aromatic N) is 1. The van der Waals surface area contributed by atoms with Gasteiger partial charge in [0.1, 0.15) is 0 Å². The number of carbonyl (C=O) groups is 2. The Morgan fingerprint density at radius 3 is 2.20 bits per heavy atom. The molecule has 0 amide bonds. The lowest BCUT2D eigenvalue weighted by Crippen LogP contribution is -2.41. The fraction of sp³-hybridized carbons (Fsp3) is 0.545. The summed E-state index contributed by atoms with van der Waals surface area (Å²) in [6.45, 7) is 5.67. The van der Waals surface area contributed by atoms with Gasteiger partial charge in [-0.1, -0.05) is 23.8 Å². The lowest BCUT2D eigenvalue weighted by Gasteiger charge is -2.27. The van der Waals surface area contributed by atoms with Gasteiger partial charge in [-0.05, 0) is 63.5 Å². The van der Waals surface area contributed by atoms with Crippen molar-refractivity contribution >= 4 is 22.0 Å². The molecule has 7 nitrogen and oxygen atoms in total. The van der Waals surface area contributed by atoms with E-state index in [9.17, 15) is 18.0 Å². The van der Waals surface area contributed by atoms with Gasteiger partial charge in [-0.2, -0.15) is 0 Å². The Hall–Kier alpha value is -2.35. The predicted molar refractivity (Wildman–Crippen MR) is 111 cm³/mol. The number of aryl methyl sites for hydroxylation is 1. The first kappa shape index (κ1) is 22.3. The normalized spacial score (nSPS) is 24.3. The van der Waals surface area contributed by atoms with E-state index >= 15 is 0 Å². The highest BCUT2D eigenvalue weighted by atomic mass is 32.2. The minimum atomic E-state index is -3.67. The summed E-state index contributed by atoms with van der Waals surface area (Å²) < 4.78 is 37.2. The van der Waals surface area contributed by atoms with Gasteiger partial charge in [0.25, 0.3) is 10.0 Å². The first-order chi connectivity index (χ1) is 14.1. The molecule has 0 saturated heterocycles. The van der Waals surface area contributed by atoms with Crippen LogP contribution in [0.5, 0.6) is 0 Å². The Kier molecular flexibility index (Phi) is 6.00. The second-order valence-electron chi connectivity index (χ2n) is 8.19. The number of hydrogen-bond acceptors (Lipinski definition) is 6. The molecule has 0 aliphatic heterocycles. The quantitative estimate of drug-likeness (QED) is 0.461. The molecule has 0 radical (unpaired) electrons. The summed E-state index contributed by atoms with van der Waals surface area (Å²) in [5.41, 5.74) is -0.725. The van der Waals surface area contributed by atoms with Gasteiger partial charge in [0.05, 0.1) is 18.1 Å². The maximum atomic E-state index is 12.8. The molecular formula is C22H29NO6S. The van der Waals surface area contributed by atoms with Crippen molar-refractivity contribution in [1.82, 2.24) is 4.31 Å². The minimum Gasteiger partial charge on any atom is -0.465 e. The van der Waals surface area contributed by atoms with Gasteiger partial charge in [0.15, 0.2) is 5.41 Å². The molecule has 164 valence electrons. The molecule has 2 atom stereocenters. The second-order valence-corrected chi connectivity index (χ2v) is 10.2. The molecule has 0 aromatic heterocycles. The highest BCUT2D eigenvalue weighted by Gasteiger charge is 2.70. The van der Waals surface area contributed by atoms with E-state index in [4.69, 9.17) is 9.47 Å². The molecule has 0 N–H and O–H groups in total. The molecule has 1 aromatic rings. The fourth-order valence-electron chi connectivity index (χ4n) is 4.35. The third-order valence-corrected chi connectivity index (χ3v) is 7.90. The summed E-state index contributed by atoms with van der Waals surface area (Å²) >= 11 is 0. The Morgan fingerprint density at radius 2 is 1.67 bits per heavy atom. The third kappa shape index (κ3) is 3.85. The summed E-state index contributed by atoms with van der Waals surface area (Å²) in [6, 6.07) is 6.67. The predicted octanol–water partition coefficient (Wildman–Crippen LogP) is 3.04. The molecule has 0 heterocycles. The SMILES string of the molecule is CCOC(=O)C1(C(=O)OCC)C[C@@H]2C[C@]2(/C=C/N(C)S(=O)(=O)c2ccc(C)cc2)C1. The summed E-state index contributed by atoms with van der Waals surface area (Å²) in [6.07, 6.45) is 4.80. The summed E-state index contributed by atoms with van der Waals surface area (Å²) in [5, 5.41) is 0. The Labute approximate surface area is 178 Å². The van der Waals surface area contributed by atoms with Crippen molar-refractivity contribution in [2.24, 2.45) is 16.7 Å². The molecular weight excluding hydrogens is 406 g/mol. The van der Waals surface area contributed by atoms with Crippen molar-refractivity contribution in [3.8, 4) is 0 Å². The second kappa shape index (κ2) is 8.06. The van der Waals surface area contributed by atoms with Crippen LogP contribution in [0.3, 0.4) is 0 Å². The van der Waals surface area contributed by atoms with E-state index in [1.165, 1.54) is 17.6 Å². The van der Waals surface area contributed by atoms with Crippen LogP contribution in [0.15, 0.2) is 41.4 Å². The van der Waals surface area contributed by atoms with Gasteiger partial charge < -0.3 is 9.47 Å². The zero-order chi connectivity index (χ0) is 22.2. The van der Waals surface area contributed by atoms with Crippen LogP contribution in [0.2, 0.25) is 0 Å².